The second kappa shape index (κ2) is 6.96. The van der Waals surface area contributed by atoms with E-state index >= 15 is 0 Å². The normalized spacial score (nSPS) is 13.6. The molecular formula is C11H22O2Si. The molecule has 0 saturated carbocycles. The van der Waals surface area contributed by atoms with E-state index in [2.05, 4.69) is 27.4 Å². The third-order valence-corrected chi connectivity index (χ3v) is 7.59. The largest absolute Gasteiger partial charge is 0.410 e. The van der Waals surface area contributed by atoms with Crippen molar-refractivity contribution >= 4 is 14.6 Å². The van der Waals surface area contributed by atoms with Crippen LogP contribution in [-0.4, -0.2) is 20.7 Å². The van der Waals surface area contributed by atoms with Crippen molar-refractivity contribution in [2.24, 2.45) is 0 Å². The van der Waals surface area contributed by atoms with Gasteiger partial charge in [-0.2, -0.15) is 0 Å². The molecular weight excluding hydrogens is 192 g/mol. The Bertz CT molecular complexity index is 168. The van der Waals surface area contributed by atoms with Crippen LogP contribution in [0.4, 0.5) is 0 Å². The van der Waals surface area contributed by atoms with Gasteiger partial charge in [-0.05, 0) is 18.1 Å². The van der Waals surface area contributed by atoms with Gasteiger partial charge in [0.15, 0.2) is 8.32 Å². The lowest BCUT2D eigenvalue weighted by Crippen LogP contribution is -2.39. The molecule has 0 unspecified atom stereocenters. The van der Waals surface area contributed by atoms with Gasteiger partial charge in [0.05, 0.1) is 6.10 Å². The smallest absolute Gasteiger partial charge is 0.192 e. The fourth-order valence-electron chi connectivity index (χ4n) is 1.61. The molecule has 0 rings (SSSR count). The van der Waals surface area contributed by atoms with Crippen LogP contribution < -0.4 is 0 Å². The van der Waals surface area contributed by atoms with Gasteiger partial charge in [-0.3, -0.25) is 0 Å². The second-order valence-electron chi connectivity index (χ2n) is 3.54. The third kappa shape index (κ3) is 3.76. The molecule has 0 amide bonds. The second-order valence-corrected chi connectivity index (χ2v) is 8.26. The fourth-order valence-corrected chi connectivity index (χ4v) is 4.44. The Hall–Kier alpha value is -0.413. The number of rotatable bonds is 8. The summed E-state index contributed by atoms with van der Waals surface area (Å²) in [6.07, 6.45) is 3.03. The Morgan fingerprint density at radius 1 is 1.29 bits per heavy atom. The molecule has 1 atom stereocenters. The number of hydrogen-bond donors (Lipinski definition) is 0. The maximum Gasteiger partial charge on any atom is 0.192 e. The first-order chi connectivity index (χ1) is 6.67. The van der Waals surface area contributed by atoms with Crippen LogP contribution in [-0.2, 0) is 9.22 Å². The summed E-state index contributed by atoms with van der Waals surface area (Å²) >= 11 is 0. The summed E-state index contributed by atoms with van der Waals surface area (Å²) in [4.78, 5) is 10.4. The van der Waals surface area contributed by atoms with Crippen LogP contribution in [0.15, 0.2) is 12.7 Å². The minimum Gasteiger partial charge on any atom is -0.410 e. The van der Waals surface area contributed by atoms with Crippen LogP contribution in [0.3, 0.4) is 0 Å². The number of carbonyl (C=O) groups excluding carboxylic acids is 1. The first-order valence-electron chi connectivity index (χ1n) is 5.42. The molecule has 82 valence electrons. The van der Waals surface area contributed by atoms with Gasteiger partial charge < -0.3 is 9.22 Å². The maximum absolute atomic E-state index is 10.4. The molecule has 0 aliphatic carbocycles. The van der Waals surface area contributed by atoms with E-state index in [0.29, 0.717) is 6.42 Å². The molecule has 0 spiro atoms. The molecule has 0 fully saturated rings. The van der Waals surface area contributed by atoms with Gasteiger partial charge >= 0.3 is 0 Å². The van der Waals surface area contributed by atoms with Crippen molar-refractivity contribution in [3.63, 3.8) is 0 Å². The van der Waals surface area contributed by atoms with E-state index < -0.39 is 8.32 Å². The summed E-state index contributed by atoms with van der Waals surface area (Å²) in [5.74, 6) is 0. The lowest BCUT2D eigenvalue weighted by molar-refractivity contribution is -0.108. The summed E-state index contributed by atoms with van der Waals surface area (Å²) in [7, 11) is -1.57. The standard InChI is InChI=1S/C11H22O2Si/c1-5-11(9-10-12)13-14(6-2,7-3)8-4/h5,10-11H,1,6-9H2,2-4H3/t11-/m1/s1. The van der Waals surface area contributed by atoms with Gasteiger partial charge in [-0.25, -0.2) is 0 Å². The molecule has 0 aromatic rings. The van der Waals surface area contributed by atoms with E-state index in [1.165, 1.54) is 0 Å². The Balaban J connectivity index is 4.38. The van der Waals surface area contributed by atoms with E-state index in [0.717, 1.165) is 24.4 Å². The molecule has 0 aromatic carbocycles. The quantitative estimate of drug-likeness (QED) is 0.352. The Kier molecular flexibility index (Phi) is 6.75. The zero-order chi connectivity index (χ0) is 11.0. The van der Waals surface area contributed by atoms with Crippen molar-refractivity contribution < 1.29 is 9.22 Å². The van der Waals surface area contributed by atoms with Crippen LogP contribution in [0.1, 0.15) is 27.2 Å². The summed E-state index contributed by atoms with van der Waals surface area (Å²) in [6, 6.07) is 3.34. The highest BCUT2D eigenvalue weighted by Gasteiger charge is 2.30. The SMILES string of the molecule is C=C[C@H](CC=O)O[Si](CC)(CC)CC. The van der Waals surface area contributed by atoms with Gasteiger partial charge in [0.25, 0.3) is 0 Å². The fraction of sp³-hybridized carbons (Fsp3) is 0.727. The van der Waals surface area contributed by atoms with Crippen LogP contribution >= 0.6 is 0 Å². The van der Waals surface area contributed by atoms with Gasteiger partial charge in [0.2, 0.25) is 0 Å². The number of aldehydes is 1. The molecule has 0 aromatic heterocycles. The number of hydrogen-bond acceptors (Lipinski definition) is 2. The summed E-state index contributed by atoms with van der Waals surface area (Å²) in [5.41, 5.74) is 0. The van der Waals surface area contributed by atoms with Crippen molar-refractivity contribution in [1.82, 2.24) is 0 Å². The summed E-state index contributed by atoms with van der Waals surface area (Å²) in [6.45, 7) is 10.2. The Labute approximate surface area is 88.5 Å². The molecule has 2 nitrogen and oxygen atoms in total. The van der Waals surface area contributed by atoms with E-state index in [1.807, 2.05) is 0 Å². The summed E-state index contributed by atoms with van der Waals surface area (Å²) < 4.78 is 6.06. The van der Waals surface area contributed by atoms with Crippen molar-refractivity contribution in [3.8, 4) is 0 Å². The van der Waals surface area contributed by atoms with Crippen LogP contribution in [0, 0.1) is 0 Å². The molecule has 14 heavy (non-hydrogen) atoms. The molecule has 0 heterocycles. The highest BCUT2D eigenvalue weighted by molar-refractivity contribution is 6.73. The molecule has 0 bridgehead atoms. The van der Waals surface area contributed by atoms with E-state index in [1.54, 1.807) is 6.08 Å². The highest BCUT2D eigenvalue weighted by atomic mass is 28.4. The monoisotopic (exact) mass is 214 g/mol. The molecule has 0 radical (unpaired) electrons. The predicted octanol–water partition coefficient (Wildman–Crippen LogP) is 3.15. The lowest BCUT2D eigenvalue weighted by Gasteiger charge is -2.31. The van der Waals surface area contributed by atoms with E-state index in [4.69, 9.17) is 4.43 Å². The average molecular weight is 214 g/mol. The van der Waals surface area contributed by atoms with E-state index in [-0.39, 0.29) is 6.10 Å². The van der Waals surface area contributed by atoms with Crippen LogP contribution in [0.25, 0.3) is 0 Å². The zero-order valence-corrected chi connectivity index (χ0v) is 10.6. The lowest BCUT2D eigenvalue weighted by atomic mass is 10.3. The van der Waals surface area contributed by atoms with Crippen LogP contribution in [0.2, 0.25) is 18.1 Å². The highest BCUT2D eigenvalue weighted by Crippen LogP contribution is 2.24. The molecule has 0 aliphatic rings. The average Bonchev–Trinajstić information content (AvgIpc) is 2.25. The molecule has 0 aliphatic heterocycles. The van der Waals surface area contributed by atoms with E-state index in [9.17, 15) is 4.79 Å². The van der Waals surface area contributed by atoms with Crippen molar-refractivity contribution in [2.75, 3.05) is 0 Å². The minimum absolute atomic E-state index is 0.0704. The first kappa shape index (κ1) is 13.6. The predicted molar refractivity (Wildman–Crippen MR) is 62.9 cm³/mol. The number of carbonyl (C=O) groups is 1. The van der Waals surface area contributed by atoms with Crippen molar-refractivity contribution in [3.05, 3.63) is 12.7 Å². The minimum atomic E-state index is -1.57. The van der Waals surface area contributed by atoms with Gasteiger partial charge in [0, 0.05) is 6.42 Å². The molecule has 3 heteroatoms. The Morgan fingerprint density at radius 2 is 1.79 bits per heavy atom. The van der Waals surface area contributed by atoms with Crippen LogP contribution in [0.5, 0.6) is 0 Å². The first-order valence-corrected chi connectivity index (χ1v) is 7.95. The topological polar surface area (TPSA) is 26.3 Å². The van der Waals surface area contributed by atoms with Crippen molar-refractivity contribution in [2.45, 2.75) is 51.4 Å². The Morgan fingerprint density at radius 3 is 2.07 bits per heavy atom. The van der Waals surface area contributed by atoms with Gasteiger partial charge in [0.1, 0.15) is 6.29 Å². The molecule has 0 saturated heterocycles. The van der Waals surface area contributed by atoms with Gasteiger partial charge in [-0.15, -0.1) is 6.58 Å². The molecule has 0 N–H and O–H groups in total. The maximum atomic E-state index is 10.4. The summed E-state index contributed by atoms with van der Waals surface area (Å²) in [5, 5.41) is 0. The zero-order valence-electron chi connectivity index (χ0n) is 9.58. The van der Waals surface area contributed by atoms with Gasteiger partial charge in [-0.1, -0.05) is 26.8 Å². The third-order valence-electron chi connectivity index (χ3n) is 2.93. The van der Waals surface area contributed by atoms with Crippen molar-refractivity contribution in [1.29, 1.82) is 0 Å².